The number of amides is 1. The molecule has 0 saturated carbocycles. The van der Waals surface area contributed by atoms with Gasteiger partial charge in [-0.25, -0.2) is 0 Å². The van der Waals surface area contributed by atoms with Gasteiger partial charge in [0.05, 0.1) is 17.0 Å². The molecule has 0 unspecified atom stereocenters. The lowest BCUT2D eigenvalue weighted by atomic mass is 10.1. The van der Waals surface area contributed by atoms with Gasteiger partial charge in [-0.1, -0.05) is 0 Å². The van der Waals surface area contributed by atoms with E-state index in [4.69, 9.17) is 14.7 Å². The predicted octanol–water partition coefficient (Wildman–Crippen LogP) is 2.25. The maximum Gasteiger partial charge on any atom is 0.251 e. The molecule has 1 aliphatic rings. The van der Waals surface area contributed by atoms with E-state index in [1.54, 1.807) is 19.1 Å². The standard InChI is InChI=1S/C13H13BrN2O3/c1-8(2-3-15)16-13(17)9-6-10(14)12-11(7-9)18-4-5-19-12/h6-8H,2,4-5H2,1H3,(H,16,17)/t8-/m1/s1. The Morgan fingerprint density at radius 1 is 1.53 bits per heavy atom. The number of nitrogens with one attached hydrogen (secondary N) is 1. The Morgan fingerprint density at radius 2 is 2.26 bits per heavy atom. The first-order chi connectivity index (χ1) is 9.11. The minimum Gasteiger partial charge on any atom is -0.486 e. The molecule has 1 aromatic rings. The van der Waals surface area contributed by atoms with E-state index in [1.165, 1.54) is 0 Å². The Hall–Kier alpha value is -1.74. The van der Waals surface area contributed by atoms with Crippen molar-refractivity contribution in [3.05, 3.63) is 22.2 Å². The molecule has 1 atom stereocenters. The maximum atomic E-state index is 12.0. The van der Waals surface area contributed by atoms with Gasteiger partial charge >= 0.3 is 0 Å². The van der Waals surface area contributed by atoms with Crippen LogP contribution in [0.1, 0.15) is 23.7 Å². The van der Waals surface area contributed by atoms with Gasteiger partial charge in [-0.05, 0) is 35.0 Å². The van der Waals surface area contributed by atoms with Crippen LogP contribution in [0.3, 0.4) is 0 Å². The Morgan fingerprint density at radius 3 is 3.00 bits per heavy atom. The number of halogens is 1. The van der Waals surface area contributed by atoms with Gasteiger partial charge in [-0.15, -0.1) is 0 Å². The molecule has 1 heterocycles. The lowest BCUT2D eigenvalue weighted by Crippen LogP contribution is -2.32. The summed E-state index contributed by atoms with van der Waals surface area (Å²) < 4.78 is 11.6. The number of carbonyl (C=O) groups is 1. The molecule has 1 N–H and O–H groups in total. The normalized spacial score (nSPS) is 14.4. The Labute approximate surface area is 119 Å². The molecule has 19 heavy (non-hydrogen) atoms. The number of benzene rings is 1. The minimum absolute atomic E-state index is 0.190. The summed E-state index contributed by atoms with van der Waals surface area (Å²) in [5.74, 6) is 0.937. The fourth-order valence-electron chi connectivity index (χ4n) is 1.74. The molecule has 100 valence electrons. The highest BCUT2D eigenvalue weighted by atomic mass is 79.9. The molecule has 6 heteroatoms. The number of nitrogens with zero attached hydrogens (tertiary/aromatic N) is 1. The molecular weight excluding hydrogens is 312 g/mol. The van der Waals surface area contributed by atoms with Crippen molar-refractivity contribution in [1.29, 1.82) is 5.26 Å². The largest absolute Gasteiger partial charge is 0.486 e. The summed E-state index contributed by atoms with van der Waals surface area (Å²) >= 11 is 3.36. The zero-order valence-corrected chi connectivity index (χ0v) is 12.0. The second kappa shape index (κ2) is 5.93. The number of nitriles is 1. The summed E-state index contributed by atoms with van der Waals surface area (Å²) in [7, 11) is 0. The van der Waals surface area contributed by atoms with Crippen molar-refractivity contribution < 1.29 is 14.3 Å². The molecule has 0 aromatic heterocycles. The van der Waals surface area contributed by atoms with Crippen molar-refractivity contribution in [2.24, 2.45) is 0 Å². The first-order valence-electron chi connectivity index (χ1n) is 5.88. The van der Waals surface area contributed by atoms with Crippen molar-refractivity contribution >= 4 is 21.8 Å². The maximum absolute atomic E-state index is 12.0. The van der Waals surface area contributed by atoms with Crippen LogP contribution in [-0.2, 0) is 0 Å². The Kier molecular flexibility index (Phi) is 4.27. The topological polar surface area (TPSA) is 71.4 Å². The van der Waals surface area contributed by atoms with Crippen molar-refractivity contribution in [1.82, 2.24) is 5.32 Å². The fraction of sp³-hybridized carbons (Fsp3) is 0.385. The van der Waals surface area contributed by atoms with Crippen molar-refractivity contribution in [2.45, 2.75) is 19.4 Å². The van der Waals surface area contributed by atoms with Crippen LogP contribution in [-0.4, -0.2) is 25.2 Å². The highest BCUT2D eigenvalue weighted by Crippen LogP contribution is 2.38. The molecule has 5 nitrogen and oxygen atoms in total. The van der Waals surface area contributed by atoms with Gasteiger partial charge in [0.2, 0.25) is 0 Å². The van der Waals surface area contributed by atoms with E-state index in [1.807, 2.05) is 6.07 Å². The summed E-state index contributed by atoms with van der Waals surface area (Å²) in [6.45, 7) is 2.75. The van der Waals surface area contributed by atoms with Crippen molar-refractivity contribution in [2.75, 3.05) is 13.2 Å². The van der Waals surface area contributed by atoms with Gasteiger partial charge in [0.15, 0.2) is 11.5 Å². The monoisotopic (exact) mass is 324 g/mol. The van der Waals surface area contributed by atoms with E-state index < -0.39 is 0 Å². The zero-order valence-electron chi connectivity index (χ0n) is 10.4. The van der Waals surface area contributed by atoms with E-state index in [9.17, 15) is 4.79 Å². The molecule has 1 aromatic carbocycles. The molecule has 0 fully saturated rings. The second-order valence-corrected chi connectivity index (χ2v) is 5.07. The Bertz CT molecular complexity index is 539. The quantitative estimate of drug-likeness (QED) is 0.925. The smallest absolute Gasteiger partial charge is 0.251 e. The van der Waals surface area contributed by atoms with Crippen LogP contribution in [0.2, 0.25) is 0 Å². The lowest BCUT2D eigenvalue weighted by molar-refractivity contribution is 0.0939. The third-order valence-electron chi connectivity index (χ3n) is 2.63. The van der Waals surface area contributed by atoms with Crippen LogP contribution in [0, 0.1) is 11.3 Å². The SMILES string of the molecule is C[C@H](CC#N)NC(=O)c1cc(Br)c2c(c1)OCCO2. The van der Waals surface area contributed by atoms with Crippen LogP contribution >= 0.6 is 15.9 Å². The first kappa shape index (κ1) is 13.7. The fourth-order valence-corrected chi connectivity index (χ4v) is 2.29. The number of ether oxygens (including phenoxy) is 2. The van der Waals surface area contributed by atoms with Gasteiger partial charge in [0.25, 0.3) is 5.91 Å². The molecule has 0 spiro atoms. The van der Waals surface area contributed by atoms with Gasteiger partial charge < -0.3 is 14.8 Å². The minimum atomic E-state index is -0.236. The average Bonchev–Trinajstić information content (AvgIpc) is 2.39. The van der Waals surface area contributed by atoms with Crippen molar-refractivity contribution in [3.8, 4) is 17.6 Å². The van der Waals surface area contributed by atoms with Crippen LogP contribution in [0.5, 0.6) is 11.5 Å². The number of hydrogen-bond acceptors (Lipinski definition) is 4. The van der Waals surface area contributed by atoms with Gasteiger partial charge in [0.1, 0.15) is 13.2 Å². The number of hydrogen-bond donors (Lipinski definition) is 1. The first-order valence-corrected chi connectivity index (χ1v) is 6.68. The third-order valence-corrected chi connectivity index (χ3v) is 3.22. The van der Waals surface area contributed by atoms with Gasteiger partial charge in [-0.2, -0.15) is 5.26 Å². The van der Waals surface area contributed by atoms with Crippen LogP contribution < -0.4 is 14.8 Å². The van der Waals surface area contributed by atoms with Crippen LogP contribution in [0.25, 0.3) is 0 Å². The second-order valence-electron chi connectivity index (χ2n) is 4.22. The zero-order chi connectivity index (χ0) is 13.8. The van der Waals surface area contributed by atoms with E-state index in [-0.39, 0.29) is 18.4 Å². The van der Waals surface area contributed by atoms with Crippen LogP contribution in [0.4, 0.5) is 0 Å². The van der Waals surface area contributed by atoms with Gasteiger partial charge in [0, 0.05) is 11.6 Å². The van der Waals surface area contributed by atoms with E-state index in [0.29, 0.717) is 34.7 Å². The molecule has 0 saturated heterocycles. The number of carbonyl (C=O) groups excluding carboxylic acids is 1. The third kappa shape index (κ3) is 3.18. The molecule has 1 aliphatic heterocycles. The molecular formula is C13H13BrN2O3. The van der Waals surface area contributed by atoms with E-state index >= 15 is 0 Å². The highest BCUT2D eigenvalue weighted by molar-refractivity contribution is 9.10. The Balaban J connectivity index is 2.19. The average molecular weight is 325 g/mol. The van der Waals surface area contributed by atoms with Gasteiger partial charge in [-0.3, -0.25) is 4.79 Å². The van der Waals surface area contributed by atoms with Crippen LogP contribution in [0.15, 0.2) is 16.6 Å². The highest BCUT2D eigenvalue weighted by Gasteiger charge is 2.19. The molecule has 2 rings (SSSR count). The molecule has 0 bridgehead atoms. The molecule has 0 aliphatic carbocycles. The number of fused-ring (bicyclic) bond motifs is 1. The van der Waals surface area contributed by atoms with E-state index in [0.717, 1.165) is 0 Å². The molecule has 1 amide bonds. The van der Waals surface area contributed by atoms with E-state index in [2.05, 4.69) is 21.2 Å². The lowest BCUT2D eigenvalue weighted by Gasteiger charge is -2.20. The summed E-state index contributed by atoms with van der Waals surface area (Å²) in [6.07, 6.45) is 0.275. The summed E-state index contributed by atoms with van der Waals surface area (Å²) in [5, 5.41) is 11.3. The summed E-state index contributed by atoms with van der Waals surface area (Å²) in [5.41, 5.74) is 0.473. The number of rotatable bonds is 3. The summed E-state index contributed by atoms with van der Waals surface area (Å²) in [6, 6.07) is 5.16. The van der Waals surface area contributed by atoms with Crippen molar-refractivity contribution in [3.63, 3.8) is 0 Å². The predicted molar refractivity (Wildman–Crippen MR) is 72.3 cm³/mol. The molecule has 0 radical (unpaired) electrons. The summed E-state index contributed by atoms with van der Waals surface area (Å²) in [4.78, 5) is 12.0.